The van der Waals surface area contributed by atoms with Crippen LogP contribution in [0.2, 0.25) is 0 Å². The van der Waals surface area contributed by atoms with Gasteiger partial charge in [-0.2, -0.15) is 0 Å². The van der Waals surface area contributed by atoms with E-state index in [1.54, 1.807) is 15.9 Å². The average molecular weight is 408 g/mol. The minimum absolute atomic E-state index is 0.00779. The Morgan fingerprint density at radius 1 is 1.44 bits per heavy atom. The van der Waals surface area contributed by atoms with Crippen molar-refractivity contribution in [3.63, 3.8) is 0 Å². The van der Waals surface area contributed by atoms with Crippen molar-refractivity contribution in [2.24, 2.45) is 11.8 Å². The van der Waals surface area contributed by atoms with Crippen molar-refractivity contribution < 1.29 is 4.79 Å². The van der Waals surface area contributed by atoms with Crippen LogP contribution in [0.1, 0.15) is 51.0 Å². The summed E-state index contributed by atoms with van der Waals surface area (Å²) in [6.07, 6.45) is 4.07. The van der Waals surface area contributed by atoms with Gasteiger partial charge >= 0.3 is 0 Å². The first-order valence-electron chi connectivity index (χ1n) is 9.85. The second kappa shape index (κ2) is 8.78. The number of carbonyl (C=O) groups excluding carboxylic acids is 1. The highest BCUT2D eigenvalue weighted by molar-refractivity contribution is 7.99. The molecule has 2 aromatic rings. The largest absolute Gasteiger partial charge is 0.355 e. The summed E-state index contributed by atoms with van der Waals surface area (Å²) in [7, 11) is 0. The van der Waals surface area contributed by atoms with Crippen LogP contribution < -0.4 is 10.9 Å². The van der Waals surface area contributed by atoms with E-state index < -0.39 is 0 Å². The van der Waals surface area contributed by atoms with E-state index in [9.17, 15) is 9.59 Å². The molecule has 1 N–H and O–H groups in total. The summed E-state index contributed by atoms with van der Waals surface area (Å²) in [5, 5.41) is 4.37. The summed E-state index contributed by atoms with van der Waals surface area (Å²) < 4.78 is 1.79. The third kappa shape index (κ3) is 4.57. The van der Waals surface area contributed by atoms with Crippen molar-refractivity contribution in [1.82, 2.24) is 14.9 Å². The van der Waals surface area contributed by atoms with Gasteiger partial charge in [0.1, 0.15) is 4.83 Å². The minimum Gasteiger partial charge on any atom is -0.355 e. The minimum atomic E-state index is -0.00779. The number of nitrogens with one attached hydrogen (secondary N) is 1. The highest BCUT2D eigenvalue weighted by atomic mass is 32.2. The van der Waals surface area contributed by atoms with Crippen LogP contribution in [0.15, 0.2) is 9.95 Å². The summed E-state index contributed by atoms with van der Waals surface area (Å²) in [5.41, 5.74) is 1.29. The predicted octanol–water partition coefficient (Wildman–Crippen LogP) is 3.86. The van der Waals surface area contributed by atoms with Gasteiger partial charge in [0.15, 0.2) is 5.16 Å². The van der Waals surface area contributed by atoms with E-state index in [2.05, 4.69) is 26.1 Å². The molecule has 0 unspecified atom stereocenters. The SMILES string of the molecule is CCCNC(=O)CSc1nc2sc3c(c2c(=O)n1CC(C)C)CC[C@H](C)C3. The van der Waals surface area contributed by atoms with E-state index >= 15 is 0 Å². The Morgan fingerprint density at radius 2 is 2.22 bits per heavy atom. The summed E-state index contributed by atoms with van der Waals surface area (Å²) in [6.45, 7) is 9.81. The van der Waals surface area contributed by atoms with Gasteiger partial charge in [-0.25, -0.2) is 4.98 Å². The topological polar surface area (TPSA) is 64.0 Å². The van der Waals surface area contributed by atoms with Crippen LogP contribution in [0.25, 0.3) is 10.2 Å². The van der Waals surface area contributed by atoms with Crippen LogP contribution in [0.5, 0.6) is 0 Å². The second-order valence-corrected chi connectivity index (χ2v) is 9.90. The van der Waals surface area contributed by atoms with Crippen molar-refractivity contribution in [2.45, 2.75) is 65.1 Å². The Labute approximate surface area is 169 Å². The third-order valence-corrected chi connectivity index (χ3v) is 6.96. The smallest absolute Gasteiger partial charge is 0.263 e. The number of rotatable bonds is 7. The number of nitrogens with zero attached hydrogens (tertiary/aromatic N) is 2. The molecule has 2 aromatic heterocycles. The molecule has 0 aromatic carbocycles. The van der Waals surface area contributed by atoms with E-state index in [0.717, 1.165) is 35.9 Å². The lowest BCUT2D eigenvalue weighted by molar-refractivity contribution is -0.118. The number of aromatic nitrogens is 2. The molecule has 7 heteroatoms. The Hall–Kier alpha value is -1.34. The number of carbonyl (C=O) groups is 1. The summed E-state index contributed by atoms with van der Waals surface area (Å²) in [4.78, 5) is 32.3. The molecule has 0 radical (unpaired) electrons. The van der Waals surface area contributed by atoms with Crippen molar-refractivity contribution in [1.29, 1.82) is 0 Å². The second-order valence-electron chi connectivity index (χ2n) is 7.87. The normalized spacial score (nSPS) is 16.7. The average Bonchev–Trinajstić information content (AvgIpc) is 2.97. The van der Waals surface area contributed by atoms with E-state index in [0.29, 0.717) is 30.1 Å². The number of fused-ring (bicyclic) bond motifs is 3. The Balaban J connectivity index is 1.99. The van der Waals surface area contributed by atoms with Gasteiger partial charge in [-0.3, -0.25) is 14.2 Å². The van der Waals surface area contributed by atoms with Crippen LogP contribution in [-0.4, -0.2) is 27.8 Å². The van der Waals surface area contributed by atoms with Crippen LogP contribution in [0, 0.1) is 11.8 Å². The van der Waals surface area contributed by atoms with Gasteiger partial charge < -0.3 is 5.32 Å². The van der Waals surface area contributed by atoms with Gasteiger partial charge in [-0.15, -0.1) is 11.3 Å². The maximum Gasteiger partial charge on any atom is 0.263 e. The molecule has 0 aliphatic heterocycles. The molecule has 148 valence electrons. The van der Waals surface area contributed by atoms with E-state index in [1.807, 2.05) is 6.92 Å². The fourth-order valence-electron chi connectivity index (χ4n) is 3.49. The quantitative estimate of drug-likeness (QED) is 0.559. The lowest BCUT2D eigenvalue weighted by Gasteiger charge is -2.18. The predicted molar refractivity (Wildman–Crippen MR) is 114 cm³/mol. The van der Waals surface area contributed by atoms with Gasteiger partial charge in [0.05, 0.1) is 11.1 Å². The molecule has 1 amide bonds. The number of thioether (sulfide) groups is 1. The molecule has 27 heavy (non-hydrogen) atoms. The zero-order valence-electron chi connectivity index (χ0n) is 16.6. The van der Waals surface area contributed by atoms with Crippen LogP contribution >= 0.6 is 23.1 Å². The molecule has 0 saturated carbocycles. The molecule has 0 bridgehead atoms. The molecule has 5 nitrogen and oxygen atoms in total. The molecule has 0 fully saturated rings. The standard InChI is InChI=1S/C20H29N3O2S2/c1-5-8-21-16(24)11-26-20-22-18-17(19(25)23(20)10-12(2)3)14-7-6-13(4)9-15(14)27-18/h12-13H,5-11H2,1-4H3,(H,21,24)/t13-/m0/s1. The van der Waals surface area contributed by atoms with Crippen molar-refractivity contribution in [3.8, 4) is 0 Å². The summed E-state index contributed by atoms with van der Waals surface area (Å²) in [6, 6.07) is 0. The maximum absolute atomic E-state index is 13.3. The highest BCUT2D eigenvalue weighted by Crippen LogP contribution is 2.36. The highest BCUT2D eigenvalue weighted by Gasteiger charge is 2.25. The lowest BCUT2D eigenvalue weighted by Crippen LogP contribution is -2.28. The van der Waals surface area contributed by atoms with Gasteiger partial charge in [0.2, 0.25) is 5.91 Å². The van der Waals surface area contributed by atoms with Crippen molar-refractivity contribution in [3.05, 3.63) is 20.8 Å². The fraction of sp³-hybridized carbons (Fsp3) is 0.650. The van der Waals surface area contributed by atoms with Crippen LogP contribution in [0.3, 0.4) is 0 Å². The molecule has 1 atom stereocenters. The molecule has 0 saturated heterocycles. The van der Waals surface area contributed by atoms with Crippen LogP contribution in [-0.2, 0) is 24.2 Å². The Bertz CT molecular complexity index is 885. The first-order chi connectivity index (χ1) is 12.9. The molecule has 3 rings (SSSR count). The number of aryl methyl sites for hydroxylation is 1. The molecule has 1 aliphatic carbocycles. The van der Waals surface area contributed by atoms with Gasteiger partial charge in [-0.1, -0.05) is 39.5 Å². The Kier molecular flexibility index (Phi) is 6.63. The molecule has 2 heterocycles. The number of hydrogen-bond acceptors (Lipinski definition) is 5. The van der Waals surface area contributed by atoms with E-state index in [4.69, 9.17) is 4.98 Å². The maximum atomic E-state index is 13.3. The monoisotopic (exact) mass is 407 g/mol. The first kappa shape index (κ1) is 20.4. The zero-order valence-corrected chi connectivity index (χ0v) is 18.3. The van der Waals surface area contributed by atoms with Crippen molar-refractivity contribution >= 4 is 39.2 Å². The first-order valence-corrected chi connectivity index (χ1v) is 11.7. The Morgan fingerprint density at radius 3 is 2.93 bits per heavy atom. The number of hydrogen-bond donors (Lipinski definition) is 1. The van der Waals surface area contributed by atoms with Gasteiger partial charge in [-0.05, 0) is 43.1 Å². The number of amides is 1. The van der Waals surface area contributed by atoms with Crippen LogP contribution in [0.4, 0.5) is 0 Å². The summed E-state index contributed by atoms with van der Waals surface area (Å²) >= 11 is 3.04. The summed E-state index contributed by atoms with van der Waals surface area (Å²) in [5.74, 6) is 1.29. The fourth-order valence-corrected chi connectivity index (χ4v) is 5.75. The molecule has 1 aliphatic rings. The number of thiophene rings is 1. The third-order valence-electron chi connectivity index (χ3n) is 4.83. The molecular formula is C20H29N3O2S2. The van der Waals surface area contributed by atoms with Crippen molar-refractivity contribution in [2.75, 3.05) is 12.3 Å². The lowest BCUT2D eigenvalue weighted by atomic mass is 9.89. The molecule has 0 spiro atoms. The van der Waals surface area contributed by atoms with Gasteiger partial charge in [0.25, 0.3) is 5.56 Å². The van der Waals surface area contributed by atoms with E-state index in [1.165, 1.54) is 22.2 Å². The zero-order chi connectivity index (χ0) is 19.6. The van der Waals surface area contributed by atoms with Gasteiger partial charge in [0, 0.05) is 18.0 Å². The van der Waals surface area contributed by atoms with E-state index in [-0.39, 0.29) is 17.2 Å². The molecular weight excluding hydrogens is 378 g/mol.